The van der Waals surface area contributed by atoms with Crippen LogP contribution in [0.5, 0.6) is 0 Å². The number of carboxylic acid groups (broad SMARTS) is 5. The molecule has 15 N–H and O–H groups in total. The van der Waals surface area contributed by atoms with Crippen molar-refractivity contribution in [1.29, 1.82) is 0 Å². The quantitative estimate of drug-likeness (QED) is 0.133. The van der Waals surface area contributed by atoms with E-state index < -0.39 is 54.0 Å². The summed E-state index contributed by atoms with van der Waals surface area (Å²) in [5.74, 6) is -5.00. The lowest BCUT2D eigenvalue weighted by atomic mass is 10.1. The Hall–Kier alpha value is -2.85. The number of rotatable bonds is 12. The Morgan fingerprint density at radius 3 is 1.24 bits per heavy atom. The number of carboxylic acids is 5. The van der Waals surface area contributed by atoms with Crippen molar-refractivity contribution in [2.45, 2.75) is 77.0 Å². The largest absolute Gasteiger partial charge is 0.481 e. The minimum atomic E-state index is -1.17. The molecule has 0 rings (SSSR count). The first-order chi connectivity index (χ1) is 15.4. The van der Waals surface area contributed by atoms with Crippen molar-refractivity contribution < 1.29 is 49.5 Å². The van der Waals surface area contributed by atoms with Gasteiger partial charge in [0.05, 0.1) is 0 Å². The van der Waals surface area contributed by atoms with E-state index in [0.29, 0.717) is 13.0 Å². The number of carbonyl (C=O) groups is 5. The van der Waals surface area contributed by atoms with Crippen LogP contribution in [0.25, 0.3) is 0 Å². The van der Waals surface area contributed by atoms with Gasteiger partial charge in [0, 0.05) is 6.42 Å². The predicted molar refractivity (Wildman–Crippen MR) is 123 cm³/mol. The van der Waals surface area contributed by atoms with Gasteiger partial charge in [0.15, 0.2) is 0 Å². The Morgan fingerprint density at radius 2 is 1.03 bits per heavy atom. The molecule has 0 spiro atoms. The molecule has 0 unspecified atom stereocenters. The molecule has 0 saturated heterocycles. The second kappa shape index (κ2) is 23.3. The topological polar surface area (TPSA) is 317 Å². The van der Waals surface area contributed by atoms with Crippen molar-refractivity contribution in [3.63, 3.8) is 0 Å². The van der Waals surface area contributed by atoms with E-state index in [1.165, 1.54) is 6.92 Å². The lowest BCUT2D eigenvalue weighted by Gasteiger charge is -2.07. The number of unbranched alkanes of at least 4 members (excludes halogenated alkanes) is 1. The molecular formula is C19H41N5O10. The highest BCUT2D eigenvalue weighted by atomic mass is 16.4. The van der Waals surface area contributed by atoms with Crippen LogP contribution in [-0.4, -0.2) is 86.1 Å². The van der Waals surface area contributed by atoms with Crippen molar-refractivity contribution in [3.05, 3.63) is 0 Å². The van der Waals surface area contributed by atoms with Gasteiger partial charge in [-0.05, 0) is 38.6 Å². The highest BCUT2D eigenvalue weighted by Crippen LogP contribution is 1.97. The molecule has 0 aromatic rings. The molecule has 0 saturated carbocycles. The lowest BCUT2D eigenvalue weighted by molar-refractivity contribution is -0.141. The third kappa shape index (κ3) is 31.3. The number of hydrogen-bond acceptors (Lipinski definition) is 10. The molecule has 0 aromatic heterocycles. The van der Waals surface area contributed by atoms with Gasteiger partial charge < -0.3 is 54.2 Å². The fourth-order valence-electron chi connectivity index (χ4n) is 1.32. The van der Waals surface area contributed by atoms with E-state index >= 15 is 0 Å². The van der Waals surface area contributed by atoms with Crippen LogP contribution in [0.2, 0.25) is 0 Å². The first-order valence-electron chi connectivity index (χ1n) is 10.3. The second-order valence-electron chi connectivity index (χ2n) is 7.34. The van der Waals surface area contributed by atoms with Crippen LogP contribution in [0.4, 0.5) is 0 Å². The lowest BCUT2D eigenvalue weighted by Crippen LogP contribution is -2.34. The molecule has 0 aliphatic rings. The fourth-order valence-corrected chi connectivity index (χ4v) is 1.32. The first kappa shape index (κ1) is 38.4. The smallest absolute Gasteiger partial charge is 0.320 e. The van der Waals surface area contributed by atoms with E-state index in [-0.39, 0.29) is 18.8 Å². The molecule has 0 radical (unpaired) electrons. The molecule has 0 fully saturated rings. The third-order valence-electron chi connectivity index (χ3n) is 3.67. The Morgan fingerprint density at radius 1 is 0.647 bits per heavy atom. The monoisotopic (exact) mass is 499 g/mol. The summed E-state index contributed by atoms with van der Waals surface area (Å²) in [6.45, 7) is 5.58. The summed E-state index contributed by atoms with van der Waals surface area (Å²) in [6.07, 6.45) is 1.94. The van der Waals surface area contributed by atoms with Gasteiger partial charge in [0.25, 0.3) is 0 Å². The summed E-state index contributed by atoms with van der Waals surface area (Å²) in [6, 6.07) is -3.22. The molecule has 4 atom stereocenters. The van der Waals surface area contributed by atoms with E-state index in [1.54, 1.807) is 13.8 Å². The van der Waals surface area contributed by atoms with E-state index in [0.717, 1.165) is 12.8 Å². The molecular weight excluding hydrogens is 458 g/mol. The Bertz CT molecular complexity index is 602. The Balaban J connectivity index is -0.000000180. The highest BCUT2D eigenvalue weighted by molar-refractivity contribution is 5.75. The summed E-state index contributed by atoms with van der Waals surface area (Å²) in [5.41, 5.74) is 25.4. The van der Waals surface area contributed by atoms with Gasteiger partial charge in [-0.1, -0.05) is 20.3 Å². The SMILES string of the molecule is CC(C)[C@H](N)C(=O)O.C[C@H](N)C(=O)O.NCCCC[C@H](N)C(=O)O.N[C@@H](CCC(=O)O)C(=O)O. The maximum atomic E-state index is 10.1. The maximum Gasteiger partial charge on any atom is 0.320 e. The maximum absolute atomic E-state index is 10.1. The molecule has 0 aliphatic heterocycles. The van der Waals surface area contributed by atoms with Gasteiger partial charge in [0.2, 0.25) is 0 Å². The summed E-state index contributed by atoms with van der Waals surface area (Å²) in [4.78, 5) is 49.6. The summed E-state index contributed by atoms with van der Waals surface area (Å²) >= 11 is 0. The summed E-state index contributed by atoms with van der Waals surface area (Å²) < 4.78 is 0. The van der Waals surface area contributed by atoms with Gasteiger partial charge in [-0.2, -0.15) is 0 Å². The molecule has 0 heterocycles. The molecule has 0 bridgehead atoms. The van der Waals surface area contributed by atoms with E-state index in [2.05, 4.69) is 0 Å². The van der Waals surface area contributed by atoms with Crippen molar-refractivity contribution in [3.8, 4) is 0 Å². The summed E-state index contributed by atoms with van der Waals surface area (Å²) in [5, 5.41) is 40.7. The van der Waals surface area contributed by atoms with Crippen LogP contribution in [0.1, 0.15) is 52.9 Å². The van der Waals surface area contributed by atoms with Crippen molar-refractivity contribution >= 4 is 29.8 Å². The normalized spacial score (nSPS) is 13.2. The van der Waals surface area contributed by atoms with Crippen LogP contribution < -0.4 is 28.7 Å². The average molecular weight is 500 g/mol. The van der Waals surface area contributed by atoms with Gasteiger partial charge in [0.1, 0.15) is 24.2 Å². The van der Waals surface area contributed by atoms with Crippen LogP contribution in [0.15, 0.2) is 0 Å². The van der Waals surface area contributed by atoms with E-state index in [9.17, 15) is 24.0 Å². The molecule has 0 aliphatic carbocycles. The van der Waals surface area contributed by atoms with E-state index in [1.807, 2.05) is 0 Å². The number of nitrogens with two attached hydrogens (primary N) is 5. The molecule has 15 nitrogen and oxygen atoms in total. The number of hydrogen-bond donors (Lipinski definition) is 10. The minimum absolute atomic E-state index is 0.0208. The molecule has 0 amide bonds. The fraction of sp³-hybridized carbons (Fsp3) is 0.737. The van der Waals surface area contributed by atoms with Gasteiger partial charge in [-0.25, -0.2) is 0 Å². The highest BCUT2D eigenvalue weighted by Gasteiger charge is 2.14. The first-order valence-corrected chi connectivity index (χ1v) is 10.3. The Kier molecular flexibility index (Phi) is 26.3. The van der Waals surface area contributed by atoms with Crippen LogP contribution in [-0.2, 0) is 24.0 Å². The molecule has 34 heavy (non-hydrogen) atoms. The zero-order chi connectivity index (χ0) is 28.0. The van der Waals surface area contributed by atoms with E-state index in [4.69, 9.17) is 54.2 Å². The third-order valence-corrected chi connectivity index (χ3v) is 3.67. The van der Waals surface area contributed by atoms with Crippen LogP contribution in [0, 0.1) is 5.92 Å². The standard InChI is InChI=1S/C6H14N2O2.C5H9NO4.C5H11NO2.C3H7NO2/c7-4-2-1-3-5(8)6(9)10;6-3(5(9)10)1-2-4(7)8;1-3(2)4(6)5(7)8;1-2(4)3(5)6/h5H,1-4,7-8H2,(H,9,10);3H,1-2,6H2,(H,7,8)(H,9,10);3-4H,6H2,1-2H3,(H,7,8);2H,4H2,1H3,(H,5,6)/t5-;3-;4-;2-/m0000/s1. The van der Waals surface area contributed by atoms with Crippen LogP contribution in [0.3, 0.4) is 0 Å². The molecule has 0 aromatic carbocycles. The number of aliphatic carboxylic acids is 5. The van der Waals surface area contributed by atoms with Gasteiger partial charge >= 0.3 is 29.8 Å². The minimum Gasteiger partial charge on any atom is -0.481 e. The van der Waals surface area contributed by atoms with Crippen LogP contribution >= 0.6 is 0 Å². The predicted octanol–water partition coefficient (Wildman–Crippen LogP) is -1.74. The average Bonchev–Trinajstić information content (AvgIpc) is 2.72. The Labute approximate surface area is 198 Å². The van der Waals surface area contributed by atoms with Crippen molar-refractivity contribution in [2.24, 2.45) is 34.6 Å². The van der Waals surface area contributed by atoms with Crippen molar-refractivity contribution in [1.82, 2.24) is 0 Å². The van der Waals surface area contributed by atoms with Crippen molar-refractivity contribution in [2.75, 3.05) is 6.54 Å². The second-order valence-corrected chi connectivity index (χ2v) is 7.34. The zero-order valence-corrected chi connectivity index (χ0v) is 19.8. The molecule has 15 heteroatoms. The van der Waals surface area contributed by atoms with Gasteiger partial charge in [-0.3, -0.25) is 24.0 Å². The summed E-state index contributed by atoms with van der Waals surface area (Å²) in [7, 11) is 0. The van der Waals surface area contributed by atoms with Gasteiger partial charge in [-0.15, -0.1) is 0 Å². The molecule has 202 valence electrons. The zero-order valence-electron chi connectivity index (χ0n) is 19.8.